The van der Waals surface area contributed by atoms with Crippen molar-refractivity contribution in [2.75, 3.05) is 7.11 Å². The predicted molar refractivity (Wildman–Crippen MR) is 57.6 cm³/mol. The van der Waals surface area contributed by atoms with Crippen LogP contribution in [0.1, 0.15) is 11.6 Å². The summed E-state index contributed by atoms with van der Waals surface area (Å²) >= 11 is 0. The molecule has 5 nitrogen and oxygen atoms in total. The van der Waals surface area contributed by atoms with Gasteiger partial charge in [0.2, 0.25) is 0 Å². The Morgan fingerprint density at radius 3 is 2.16 bits per heavy atom. The lowest BCUT2D eigenvalue weighted by Gasteiger charge is -2.16. The van der Waals surface area contributed by atoms with Gasteiger partial charge in [-0.15, -0.1) is 0 Å². The lowest BCUT2D eigenvalue weighted by Crippen LogP contribution is -2.41. The number of rotatable bonds is 4. The van der Waals surface area contributed by atoms with Gasteiger partial charge >= 0.3 is 18.1 Å². The first-order valence-electron chi connectivity index (χ1n) is 5.00. The molecule has 104 valence electrons. The molecule has 1 aromatic rings. The number of carboxylic acids is 1. The highest BCUT2D eigenvalue weighted by molar-refractivity contribution is 5.87. The molecule has 0 radical (unpaired) electrons. The van der Waals surface area contributed by atoms with Crippen LogP contribution in [0.25, 0.3) is 0 Å². The molecule has 1 rings (SSSR count). The van der Waals surface area contributed by atoms with Crippen molar-refractivity contribution in [2.45, 2.75) is 12.2 Å². The van der Waals surface area contributed by atoms with Crippen LogP contribution in [0, 0.1) is 0 Å². The van der Waals surface area contributed by atoms with E-state index in [1.165, 1.54) is 36.7 Å². The van der Waals surface area contributed by atoms with Crippen molar-refractivity contribution in [2.24, 2.45) is 0 Å². The van der Waals surface area contributed by atoms with Gasteiger partial charge in [-0.1, -0.05) is 12.1 Å². The number of methoxy groups -OCH3 is 1. The molecule has 2 N–H and O–H groups in total. The topological polar surface area (TPSA) is 75.6 Å². The van der Waals surface area contributed by atoms with E-state index in [1.54, 1.807) is 0 Å². The second kappa shape index (κ2) is 5.59. The molecule has 0 aliphatic carbocycles. The van der Waals surface area contributed by atoms with Crippen LogP contribution in [0.4, 0.5) is 13.2 Å². The van der Waals surface area contributed by atoms with E-state index in [9.17, 15) is 22.8 Å². The maximum atomic E-state index is 12.1. The summed E-state index contributed by atoms with van der Waals surface area (Å²) in [4.78, 5) is 21.7. The molecule has 0 aromatic heterocycles. The van der Waals surface area contributed by atoms with Crippen molar-refractivity contribution in [3.8, 4) is 5.75 Å². The number of ether oxygens (including phenoxy) is 1. The summed E-state index contributed by atoms with van der Waals surface area (Å²) in [5.41, 5.74) is 0.00546. The second-order valence-electron chi connectivity index (χ2n) is 3.52. The molecule has 0 heterocycles. The van der Waals surface area contributed by atoms with E-state index in [0.29, 0.717) is 5.75 Å². The zero-order chi connectivity index (χ0) is 14.6. The maximum Gasteiger partial charge on any atom is 0.471 e. The third kappa shape index (κ3) is 3.87. The summed E-state index contributed by atoms with van der Waals surface area (Å²) in [6.45, 7) is 0. The summed E-state index contributed by atoms with van der Waals surface area (Å²) in [6.07, 6.45) is -5.14. The fraction of sp³-hybridized carbons (Fsp3) is 0.273. The summed E-state index contributed by atoms with van der Waals surface area (Å²) < 4.78 is 41.1. The van der Waals surface area contributed by atoms with Gasteiger partial charge in [-0.25, -0.2) is 4.79 Å². The van der Waals surface area contributed by atoms with Crippen LogP contribution in [-0.2, 0) is 9.59 Å². The Morgan fingerprint density at radius 1 is 1.26 bits per heavy atom. The molecule has 0 unspecified atom stereocenters. The molecular weight excluding hydrogens is 267 g/mol. The van der Waals surface area contributed by atoms with E-state index in [1.807, 2.05) is 0 Å². The number of nitrogens with one attached hydrogen (secondary N) is 1. The summed E-state index contributed by atoms with van der Waals surface area (Å²) in [5, 5.41) is 10.3. The van der Waals surface area contributed by atoms with Crippen LogP contribution < -0.4 is 10.1 Å². The van der Waals surface area contributed by atoms with Gasteiger partial charge in [-0.3, -0.25) is 4.79 Å². The van der Waals surface area contributed by atoms with Crippen LogP contribution >= 0.6 is 0 Å². The van der Waals surface area contributed by atoms with Crippen molar-refractivity contribution in [3.63, 3.8) is 0 Å². The summed E-state index contributed by atoms with van der Waals surface area (Å²) in [7, 11) is 1.38. The minimum Gasteiger partial charge on any atom is -0.497 e. The lowest BCUT2D eigenvalue weighted by molar-refractivity contribution is -0.175. The average Bonchev–Trinajstić information content (AvgIpc) is 2.34. The Labute approximate surface area is 106 Å². The molecule has 0 aliphatic heterocycles. The van der Waals surface area contributed by atoms with E-state index >= 15 is 0 Å². The highest BCUT2D eigenvalue weighted by atomic mass is 19.4. The minimum absolute atomic E-state index is 0.00546. The molecule has 19 heavy (non-hydrogen) atoms. The van der Waals surface area contributed by atoms with Gasteiger partial charge < -0.3 is 15.2 Å². The predicted octanol–water partition coefficient (Wildman–Crippen LogP) is 1.50. The molecule has 0 aliphatic rings. The number of hydrogen-bond acceptors (Lipinski definition) is 3. The Bertz CT molecular complexity index is 470. The first-order chi connectivity index (χ1) is 8.75. The van der Waals surface area contributed by atoms with Crippen LogP contribution in [-0.4, -0.2) is 30.3 Å². The highest BCUT2D eigenvalue weighted by Gasteiger charge is 2.41. The summed E-state index contributed by atoms with van der Waals surface area (Å²) in [6, 6.07) is 3.50. The van der Waals surface area contributed by atoms with Crippen LogP contribution in [0.2, 0.25) is 0 Å². The number of alkyl halides is 3. The monoisotopic (exact) mass is 277 g/mol. The number of benzene rings is 1. The third-order valence-corrected chi connectivity index (χ3v) is 2.23. The van der Waals surface area contributed by atoms with Gasteiger partial charge in [0.1, 0.15) is 5.75 Å². The van der Waals surface area contributed by atoms with Crippen molar-refractivity contribution in [1.82, 2.24) is 5.32 Å². The number of amides is 1. The molecule has 0 bridgehead atoms. The molecule has 0 saturated carbocycles. The molecule has 1 aromatic carbocycles. The number of aliphatic carboxylic acids is 1. The van der Waals surface area contributed by atoms with Gasteiger partial charge in [-0.05, 0) is 17.7 Å². The zero-order valence-corrected chi connectivity index (χ0v) is 9.69. The Kier molecular flexibility index (Phi) is 4.36. The van der Waals surface area contributed by atoms with Crippen LogP contribution in [0.5, 0.6) is 5.75 Å². The van der Waals surface area contributed by atoms with Crippen molar-refractivity contribution >= 4 is 11.9 Å². The van der Waals surface area contributed by atoms with Crippen molar-refractivity contribution in [3.05, 3.63) is 29.8 Å². The van der Waals surface area contributed by atoms with Crippen LogP contribution in [0.15, 0.2) is 24.3 Å². The standard InChI is InChI=1S/C11H10F3NO4/c1-19-7-4-2-6(3-5-7)8(9(16)17)15-10(18)11(12,13)14/h2-5,8H,1H3,(H,15,18)(H,16,17)/t8-/m1/s1. The Balaban J connectivity index is 2.94. The van der Waals surface area contributed by atoms with E-state index in [-0.39, 0.29) is 5.56 Å². The number of carboxylic acid groups (broad SMARTS) is 1. The maximum absolute atomic E-state index is 12.1. The normalized spacial score (nSPS) is 12.6. The lowest BCUT2D eigenvalue weighted by atomic mass is 10.1. The Hall–Kier alpha value is -2.25. The van der Waals surface area contributed by atoms with Gasteiger partial charge in [0, 0.05) is 0 Å². The third-order valence-electron chi connectivity index (χ3n) is 2.23. The number of hydrogen-bond donors (Lipinski definition) is 2. The fourth-order valence-electron chi connectivity index (χ4n) is 1.30. The molecule has 0 spiro atoms. The Morgan fingerprint density at radius 2 is 1.79 bits per heavy atom. The van der Waals surface area contributed by atoms with Gasteiger partial charge in [0.15, 0.2) is 6.04 Å². The fourth-order valence-corrected chi connectivity index (χ4v) is 1.30. The first kappa shape index (κ1) is 14.8. The van der Waals surface area contributed by atoms with E-state index in [4.69, 9.17) is 9.84 Å². The quantitative estimate of drug-likeness (QED) is 0.874. The molecular formula is C11H10F3NO4. The SMILES string of the molecule is COc1ccc([C@@H](NC(=O)C(F)(F)F)C(=O)O)cc1. The van der Waals surface area contributed by atoms with E-state index < -0.39 is 24.1 Å². The smallest absolute Gasteiger partial charge is 0.471 e. The first-order valence-corrected chi connectivity index (χ1v) is 5.00. The van der Waals surface area contributed by atoms with Gasteiger partial charge in [-0.2, -0.15) is 13.2 Å². The number of carbonyl (C=O) groups excluding carboxylic acids is 1. The van der Waals surface area contributed by atoms with Crippen LogP contribution in [0.3, 0.4) is 0 Å². The van der Waals surface area contributed by atoms with E-state index in [2.05, 4.69) is 0 Å². The van der Waals surface area contributed by atoms with Crippen molar-refractivity contribution in [1.29, 1.82) is 0 Å². The second-order valence-corrected chi connectivity index (χ2v) is 3.52. The molecule has 0 saturated heterocycles. The largest absolute Gasteiger partial charge is 0.497 e. The highest BCUT2D eigenvalue weighted by Crippen LogP contribution is 2.21. The van der Waals surface area contributed by atoms with Gasteiger partial charge in [0.05, 0.1) is 7.11 Å². The van der Waals surface area contributed by atoms with Gasteiger partial charge in [0.25, 0.3) is 0 Å². The molecule has 8 heteroatoms. The number of halogens is 3. The van der Waals surface area contributed by atoms with E-state index in [0.717, 1.165) is 0 Å². The summed E-state index contributed by atoms with van der Waals surface area (Å²) in [5.74, 6) is -3.49. The zero-order valence-electron chi connectivity index (χ0n) is 9.69. The molecule has 1 atom stereocenters. The molecule has 0 fully saturated rings. The average molecular weight is 277 g/mol. The van der Waals surface area contributed by atoms with Crippen molar-refractivity contribution < 1.29 is 32.6 Å². The number of carbonyl (C=O) groups is 2. The molecule has 1 amide bonds. The minimum atomic E-state index is -5.14.